The van der Waals surface area contributed by atoms with Gasteiger partial charge in [0.25, 0.3) is 5.91 Å². The Labute approximate surface area is 115 Å². The van der Waals surface area contributed by atoms with Crippen LogP contribution in [-0.4, -0.2) is 29.7 Å². The van der Waals surface area contributed by atoms with Crippen LogP contribution in [0, 0.1) is 0 Å². The Hall–Kier alpha value is -1.39. The first-order chi connectivity index (χ1) is 9.04. The zero-order chi connectivity index (χ0) is 14.3. The van der Waals surface area contributed by atoms with Crippen molar-refractivity contribution < 1.29 is 9.90 Å². The molecule has 1 rings (SSSR count). The molecule has 1 amide bonds. The third-order valence-electron chi connectivity index (χ3n) is 3.51. The molecule has 0 saturated heterocycles. The van der Waals surface area contributed by atoms with Crippen LogP contribution < -0.4 is 11.1 Å². The third kappa shape index (κ3) is 4.65. The number of nitrogens with two attached hydrogens (primary N) is 1. The van der Waals surface area contributed by atoms with Crippen molar-refractivity contribution in [2.75, 3.05) is 13.2 Å². The minimum atomic E-state index is -0.359. The van der Waals surface area contributed by atoms with Crippen LogP contribution in [0.5, 0.6) is 0 Å². The zero-order valence-electron chi connectivity index (χ0n) is 11.8. The second-order valence-electron chi connectivity index (χ2n) is 5.08. The first-order valence-electron chi connectivity index (χ1n) is 6.77. The van der Waals surface area contributed by atoms with Crippen molar-refractivity contribution in [1.29, 1.82) is 0 Å². The average molecular weight is 264 g/mol. The third-order valence-corrected chi connectivity index (χ3v) is 3.51. The van der Waals surface area contributed by atoms with Crippen molar-refractivity contribution in [2.24, 2.45) is 5.73 Å². The Morgan fingerprint density at radius 1 is 1.37 bits per heavy atom. The lowest BCUT2D eigenvalue weighted by molar-refractivity contribution is 0.0886. The van der Waals surface area contributed by atoms with Gasteiger partial charge in [-0.15, -0.1) is 0 Å². The van der Waals surface area contributed by atoms with Crippen LogP contribution >= 0.6 is 0 Å². The number of carbonyl (C=O) groups excluding carboxylic acids is 1. The van der Waals surface area contributed by atoms with Crippen LogP contribution in [-0.2, 0) is 6.42 Å². The number of carbonyl (C=O) groups is 1. The summed E-state index contributed by atoms with van der Waals surface area (Å²) in [6, 6.07) is 7.49. The number of aliphatic hydroxyl groups is 1. The molecule has 4 N–H and O–H groups in total. The van der Waals surface area contributed by atoms with Gasteiger partial charge in [0, 0.05) is 17.7 Å². The van der Waals surface area contributed by atoms with Crippen molar-refractivity contribution in [3.05, 3.63) is 35.4 Å². The molecule has 0 aliphatic heterocycles. The zero-order valence-corrected chi connectivity index (χ0v) is 11.8. The fraction of sp³-hybridized carbons (Fsp3) is 0.533. The highest BCUT2D eigenvalue weighted by Gasteiger charge is 2.24. The summed E-state index contributed by atoms with van der Waals surface area (Å²) in [7, 11) is 0. The van der Waals surface area contributed by atoms with Crippen molar-refractivity contribution in [3.8, 4) is 0 Å². The van der Waals surface area contributed by atoms with E-state index in [4.69, 9.17) is 10.8 Å². The summed E-state index contributed by atoms with van der Waals surface area (Å²) in [5.41, 5.74) is 6.90. The summed E-state index contributed by atoms with van der Waals surface area (Å²) in [4.78, 5) is 12.1. The molecule has 0 saturated carbocycles. The highest BCUT2D eigenvalue weighted by Crippen LogP contribution is 2.15. The highest BCUT2D eigenvalue weighted by molar-refractivity contribution is 5.94. The van der Waals surface area contributed by atoms with Gasteiger partial charge >= 0.3 is 0 Å². The van der Waals surface area contributed by atoms with E-state index >= 15 is 0 Å². The van der Waals surface area contributed by atoms with E-state index in [1.54, 1.807) is 0 Å². The summed E-state index contributed by atoms with van der Waals surface area (Å²) in [5, 5.41) is 12.0. The largest absolute Gasteiger partial charge is 0.396 e. The molecule has 0 aliphatic rings. The molecule has 1 unspecified atom stereocenters. The monoisotopic (exact) mass is 264 g/mol. The van der Waals surface area contributed by atoms with Gasteiger partial charge in [0.15, 0.2) is 0 Å². The van der Waals surface area contributed by atoms with Crippen LogP contribution in [0.3, 0.4) is 0 Å². The topological polar surface area (TPSA) is 75.3 Å². The molecule has 1 atom stereocenters. The maximum Gasteiger partial charge on any atom is 0.251 e. The smallest absolute Gasteiger partial charge is 0.251 e. The number of rotatable bonds is 7. The number of hydrogen-bond acceptors (Lipinski definition) is 3. The summed E-state index contributed by atoms with van der Waals surface area (Å²) >= 11 is 0. The van der Waals surface area contributed by atoms with Crippen molar-refractivity contribution in [1.82, 2.24) is 5.32 Å². The molecule has 0 fully saturated rings. The van der Waals surface area contributed by atoms with Crippen LogP contribution in [0.4, 0.5) is 0 Å². The molecule has 0 aliphatic carbocycles. The second kappa shape index (κ2) is 7.26. The maximum atomic E-state index is 12.1. The molecule has 1 aromatic rings. The maximum absolute atomic E-state index is 12.1. The second-order valence-corrected chi connectivity index (χ2v) is 5.08. The minimum absolute atomic E-state index is 0.0695. The molecule has 1 aromatic carbocycles. The quantitative estimate of drug-likeness (QED) is 0.698. The van der Waals surface area contributed by atoms with Gasteiger partial charge in [-0.05, 0) is 50.4 Å². The summed E-state index contributed by atoms with van der Waals surface area (Å²) in [6.45, 7) is 4.63. The van der Waals surface area contributed by atoms with E-state index in [1.165, 1.54) is 0 Å². The first-order valence-corrected chi connectivity index (χ1v) is 6.77. The Morgan fingerprint density at radius 2 is 2.00 bits per heavy atom. The van der Waals surface area contributed by atoms with Crippen LogP contribution in [0.15, 0.2) is 24.3 Å². The molecule has 0 heterocycles. The fourth-order valence-electron chi connectivity index (χ4n) is 1.91. The lowest BCUT2D eigenvalue weighted by Crippen LogP contribution is -2.46. The molecule has 0 radical (unpaired) electrons. The Kier molecular flexibility index (Phi) is 5.99. The molecule has 19 heavy (non-hydrogen) atoms. The summed E-state index contributed by atoms with van der Waals surface area (Å²) in [5.74, 6) is -0.0999. The van der Waals surface area contributed by atoms with Crippen LogP contribution in [0.25, 0.3) is 0 Å². The number of benzene rings is 1. The van der Waals surface area contributed by atoms with Gasteiger partial charge in [-0.1, -0.05) is 19.1 Å². The number of aliphatic hydroxyl groups excluding tert-OH is 1. The number of nitrogens with one attached hydrogen (secondary N) is 1. The lowest BCUT2D eigenvalue weighted by atomic mass is 9.94. The van der Waals surface area contributed by atoms with Gasteiger partial charge < -0.3 is 16.2 Å². The van der Waals surface area contributed by atoms with Gasteiger partial charge in [0.1, 0.15) is 0 Å². The van der Waals surface area contributed by atoms with Gasteiger partial charge in [-0.2, -0.15) is 0 Å². The van der Waals surface area contributed by atoms with Gasteiger partial charge in [0.2, 0.25) is 0 Å². The van der Waals surface area contributed by atoms with E-state index in [1.807, 2.05) is 38.1 Å². The van der Waals surface area contributed by atoms with E-state index in [-0.39, 0.29) is 18.1 Å². The predicted octanol–water partition coefficient (Wildman–Crippen LogP) is 1.47. The van der Waals surface area contributed by atoms with E-state index in [9.17, 15) is 4.79 Å². The molecule has 0 spiro atoms. The average Bonchev–Trinajstić information content (AvgIpc) is 2.40. The normalized spacial score (nSPS) is 13.9. The molecule has 106 valence electrons. The lowest BCUT2D eigenvalue weighted by Gasteiger charge is -2.29. The van der Waals surface area contributed by atoms with Gasteiger partial charge in [-0.3, -0.25) is 4.79 Å². The van der Waals surface area contributed by atoms with E-state index in [0.717, 1.165) is 18.4 Å². The van der Waals surface area contributed by atoms with Gasteiger partial charge in [-0.25, -0.2) is 0 Å². The predicted molar refractivity (Wildman–Crippen MR) is 77.1 cm³/mol. The summed E-state index contributed by atoms with van der Waals surface area (Å²) in [6.07, 6.45) is 2.16. The molecule has 4 nitrogen and oxygen atoms in total. The molecule has 4 heteroatoms. The van der Waals surface area contributed by atoms with Crippen LogP contribution in [0.2, 0.25) is 0 Å². The van der Waals surface area contributed by atoms with Gasteiger partial charge in [0.05, 0.1) is 0 Å². The molecule has 0 bridgehead atoms. The van der Waals surface area contributed by atoms with Crippen molar-refractivity contribution in [2.45, 2.75) is 38.6 Å². The Morgan fingerprint density at radius 3 is 2.47 bits per heavy atom. The van der Waals surface area contributed by atoms with Crippen molar-refractivity contribution >= 4 is 5.91 Å². The van der Waals surface area contributed by atoms with E-state index in [2.05, 4.69) is 5.32 Å². The molecule has 0 aromatic heterocycles. The summed E-state index contributed by atoms with van der Waals surface area (Å²) < 4.78 is 0. The number of hydrogen-bond donors (Lipinski definition) is 3. The van der Waals surface area contributed by atoms with E-state index in [0.29, 0.717) is 18.5 Å². The Bertz CT molecular complexity index is 403. The van der Waals surface area contributed by atoms with Crippen LogP contribution in [0.1, 0.15) is 42.6 Å². The molecular weight excluding hydrogens is 240 g/mol. The standard InChI is InChI=1S/C15H24N2O2/c1-3-15(2,9-11-18)17-14(19)13-6-4-12(5-7-13)8-10-16/h4-7,18H,3,8-11,16H2,1-2H3,(H,17,19). The Balaban J connectivity index is 2.71. The SMILES string of the molecule is CCC(C)(CCO)NC(=O)c1ccc(CCN)cc1. The van der Waals surface area contributed by atoms with E-state index < -0.39 is 0 Å². The minimum Gasteiger partial charge on any atom is -0.396 e. The molecular formula is C15H24N2O2. The van der Waals surface area contributed by atoms with Crippen molar-refractivity contribution in [3.63, 3.8) is 0 Å². The number of amides is 1. The highest BCUT2D eigenvalue weighted by atomic mass is 16.3. The fourth-order valence-corrected chi connectivity index (χ4v) is 1.91. The first kappa shape index (κ1) is 15.7.